The fraction of sp³-hybridized carbons (Fsp3) is 0.417. The second-order valence-electron chi connectivity index (χ2n) is 8.65. The lowest BCUT2D eigenvalue weighted by Gasteiger charge is -2.32. The molecule has 1 aromatic heterocycles. The average molecular weight is 448 g/mol. The van der Waals surface area contributed by atoms with Crippen LogP contribution in [0.2, 0.25) is 0 Å². The first-order valence-electron chi connectivity index (χ1n) is 11.1. The van der Waals surface area contributed by atoms with Crippen LogP contribution >= 0.6 is 0 Å². The molecule has 33 heavy (non-hydrogen) atoms. The average Bonchev–Trinajstić information content (AvgIpc) is 3.24. The molecule has 0 spiro atoms. The number of benzene rings is 1. The first-order valence-corrected chi connectivity index (χ1v) is 11.1. The van der Waals surface area contributed by atoms with Crippen LogP contribution in [0.25, 0.3) is 5.57 Å². The van der Waals surface area contributed by atoms with E-state index < -0.39 is 0 Å². The first kappa shape index (κ1) is 22.6. The van der Waals surface area contributed by atoms with Gasteiger partial charge < -0.3 is 20.3 Å². The molecule has 2 aliphatic heterocycles. The van der Waals surface area contributed by atoms with Gasteiger partial charge in [0.15, 0.2) is 5.75 Å². The minimum absolute atomic E-state index is 0.137. The Kier molecular flexibility index (Phi) is 6.75. The maximum Gasteiger partial charge on any atom is 0.236 e. The van der Waals surface area contributed by atoms with Gasteiger partial charge in [0, 0.05) is 26.8 Å². The maximum atomic E-state index is 11.9. The van der Waals surface area contributed by atoms with Crippen molar-refractivity contribution in [3.63, 3.8) is 0 Å². The van der Waals surface area contributed by atoms with E-state index in [1.165, 1.54) is 0 Å². The Labute approximate surface area is 194 Å². The van der Waals surface area contributed by atoms with Crippen LogP contribution in [0.15, 0.2) is 36.3 Å². The van der Waals surface area contributed by atoms with E-state index in [1.807, 2.05) is 31.2 Å². The van der Waals surface area contributed by atoms with Gasteiger partial charge in [0.2, 0.25) is 17.7 Å². The number of carbonyl (C=O) groups excluding carboxylic acids is 1. The van der Waals surface area contributed by atoms with Crippen molar-refractivity contribution in [2.24, 2.45) is 5.92 Å². The van der Waals surface area contributed by atoms with Crippen LogP contribution in [0.3, 0.4) is 0 Å². The summed E-state index contributed by atoms with van der Waals surface area (Å²) in [5, 5.41) is 16.3. The third-order valence-electron chi connectivity index (χ3n) is 6.01. The van der Waals surface area contributed by atoms with E-state index in [4.69, 9.17) is 4.74 Å². The number of nitrogens with zero attached hydrogens (tertiary/aromatic N) is 5. The van der Waals surface area contributed by atoms with E-state index in [9.17, 15) is 10.1 Å². The number of likely N-dealkylation sites (N-methyl/N-ethyl adjacent to an activating group) is 1. The van der Waals surface area contributed by atoms with Crippen molar-refractivity contribution < 1.29 is 9.53 Å². The summed E-state index contributed by atoms with van der Waals surface area (Å²) in [4.78, 5) is 24.8. The molecule has 9 nitrogen and oxygen atoms in total. The van der Waals surface area contributed by atoms with E-state index in [0.717, 1.165) is 43.7 Å². The summed E-state index contributed by atoms with van der Waals surface area (Å²) in [5.41, 5.74) is 2.50. The molecule has 1 fully saturated rings. The fourth-order valence-corrected chi connectivity index (χ4v) is 3.94. The Bertz CT molecular complexity index is 1070. The quantitative estimate of drug-likeness (QED) is 0.651. The standard InChI is InChI=1S/C24H29N7O2/c1-16-13-26-24(27-14-17-8-10-31(11-9-17)15-21(32)30(2)3)29-22(16)18(12-25)23-28-19-6-4-5-7-20(19)33-23/h4-7,13,17,28H,8-11,14-15H2,1-3H3,(H,26,27,29). The second kappa shape index (κ2) is 9.88. The minimum atomic E-state index is 0.137. The lowest BCUT2D eigenvalue weighted by atomic mass is 9.97. The molecule has 0 saturated carbocycles. The number of aromatic nitrogens is 2. The van der Waals surface area contributed by atoms with Gasteiger partial charge in [-0.15, -0.1) is 0 Å². The largest absolute Gasteiger partial charge is 0.437 e. The summed E-state index contributed by atoms with van der Waals surface area (Å²) in [6.07, 6.45) is 3.74. The molecule has 0 unspecified atom stereocenters. The molecule has 0 atom stereocenters. The van der Waals surface area contributed by atoms with Gasteiger partial charge in [0.05, 0.1) is 17.9 Å². The zero-order chi connectivity index (χ0) is 23.4. The number of fused-ring (bicyclic) bond motifs is 1. The number of piperidine rings is 1. The maximum absolute atomic E-state index is 11.9. The monoisotopic (exact) mass is 447 g/mol. The number of ether oxygens (including phenoxy) is 1. The third kappa shape index (κ3) is 5.23. The van der Waals surface area contributed by atoms with Crippen LogP contribution in [0, 0.1) is 24.2 Å². The Balaban J connectivity index is 1.39. The van der Waals surface area contributed by atoms with Crippen LogP contribution in [-0.4, -0.2) is 65.9 Å². The number of para-hydroxylation sites is 2. The fourth-order valence-electron chi connectivity index (χ4n) is 3.94. The lowest BCUT2D eigenvalue weighted by molar-refractivity contribution is -0.130. The van der Waals surface area contributed by atoms with Crippen LogP contribution in [-0.2, 0) is 4.79 Å². The predicted molar refractivity (Wildman–Crippen MR) is 126 cm³/mol. The van der Waals surface area contributed by atoms with Crippen molar-refractivity contribution in [2.75, 3.05) is 50.9 Å². The van der Waals surface area contributed by atoms with Gasteiger partial charge in [-0.3, -0.25) is 9.69 Å². The van der Waals surface area contributed by atoms with Crippen molar-refractivity contribution in [1.82, 2.24) is 19.8 Å². The highest BCUT2D eigenvalue weighted by Gasteiger charge is 2.24. The lowest BCUT2D eigenvalue weighted by Crippen LogP contribution is -2.42. The molecule has 0 radical (unpaired) electrons. The van der Waals surface area contributed by atoms with E-state index in [2.05, 4.69) is 31.6 Å². The summed E-state index contributed by atoms with van der Waals surface area (Å²) in [5.74, 6) is 2.17. The van der Waals surface area contributed by atoms with Crippen molar-refractivity contribution in [3.05, 3.63) is 47.6 Å². The highest BCUT2D eigenvalue weighted by atomic mass is 16.5. The van der Waals surface area contributed by atoms with Crippen molar-refractivity contribution >= 4 is 23.1 Å². The van der Waals surface area contributed by atoms with Crippen LogP contribution < -0.4 is 15.4 Å². The SMILES string of the molecule is Cc1cnc(NCC2CCN(CC(=O)N(C)C)CC2)nc1C(C#N)=C1Nc2ccccc2O1. The number of aryl methyl sites for hydroxylation is 1. The molecule has 2 aliphatic rings. The van der Waals surface area contributed by atoms with E-state index in [-0.39, 0.29) is 5.91 Å². The molecular formula is C24H29N7O2. The molecule has 3 heterocycles. The summed E-state index contributed by atoms with van der Waals surface area (Å²) in [6, 6.07) is 9.79. The Morgan fingerprint density at radius 3 is 2.79 bits per heavy atom. The number of anilines is 2. The molecule has 1 saturated heterocycles. The molecule has 0 aliphatic carbocycles. The summed E-state index contributed by atoms with van der Waals surface area (Å²) in [7, 11) is 3.58. The van der Waals surface area contributed by atoms with Gasteiger partial charge in [-0.05, 0) is 56.5 Å². The number of rotatable bonds is 6. The number of allylic oxidation sites excluding steroid dienone is 1. The van der Waals surface area contributed by atoms with Gasteiger partial charge in [-0.25, -0.2) is 9.97 Å². The Morgan fingerprint density at radius 2 is 2.09 bits per heavy atom. The number of carbonyl (C=O) groups is 1. The van der Waals surface area contributed by atoms with E-state index in [0.29, 0.717) is 41.3 Å². The number of hydrogen-bond acceptors (Lipinski definition) is 8. The zero-order valence-electron chi connectivity index (χ0n) is 19.3. The molecular weight excluding hydrogens is 418 g/mol. The molecule has 9 heteroatoms. The van der Waals surface area contributed by atoms with E-state index in [1.54, 1.807) is 25.2 Å². The van der Waals surface area contributed by atoms with Crippen LogP contribution in [0.4, 0.5) is 11.6 Å². The Hall–Kier alpha value is -3.64. The number of nitriles is 1. The minimum Gasteiger partial charge on any atom is -0.437 e. The second-order valence-corrected chi connectivity index (χ2v) is 8.65. The van der Waals surface area contributed by atoms with Gasteiger partial charge >= 0.3 is 0 Å². The first-order chi connectivity index (χ1) is 15.9. The normalized spacial score (nSPS) is 17.4. The molecule has 2 aromatic rings. The summed E-state index contributed by atoms with van der Waals surface area (Å²) < 4.78 is 5.85. The van der Waals surface area contributed by atoms with Crippen molar-refractivity contribution in [1.29, 1.82) is 5.26 Å². The molecule has 1 aromatic carbocycles. The number of likely N-dealkylation sites (tertiary alicyclic amines) is 1. The summed E-state index contributed by atoms with van der Waals surface area (Å²) >= 11 is 0. The van der Waals surface area contributed by atoms with Crippen molar-refractivity contribution in [2.45, 2.75) is 19.8 Å². The van der Waals surface area contributed by atoms with E-state index >= 15 is 0 Å². The Morgan fingerprint density at radius 1 is 1.33 bits per heavy atom. The predicted octanol–water partition coefficient (Wildman–Crippen LogP) is 2.69. The zero-order valence-corrected chi connectivity index (χ0v) is 19.3. The van der Waals surface area contributed by atoms with Crippen molar-refractivity contribution in [3.8, 4) is 11.8 Å². The van der Waals surface area contributed by atoms with Gasteiger partial charge in [-0.2, -0.15) is 5.26 Å². The van der Waals surface area contributed by atoms with Crippen LogP contribution in [0.5, 0.6) is 5.75 Å². The molecule has 0 bridgehead atoms. The molecule has 2 N–H and O–H groups in total. The van der Waals surface area contributed by atoms with Crippen LogP contribution in [0.1, 0.15) is 24.1 Å². The summed E-state index contributed by atoms with van der Waals surface area (Å²) in [6.45, 7) is 4.91. The van der Waals surface area contributed by atoms with Gasteiger partial charge in [0.25, 0.3) is 0 Å². The third-order valence-corrected chi connectivity index (χ3v) is 6.01. The number of hydrogen-bond donors (Lipinski definition) is 2. The molecule has 1 amide bonds. The highest BCUT2D eigenvalue weighted by Crippen LogP contribution is 2.35. The van der Waals surface area contributed by atoms with Gasteiger partial charge in [-0.1, -0.05) is 12.1 Å². The number of nitrogens with one attached hydrogen (secondary N) is 2. The smallest absolute Gasteiger partial charge is 0.236 e. The molecule has 4 rings (SSSR count). The van der Waals surface area contributed by atoms with Gasteiger partial charge in [0.1, 0.15) is 11.6 Å². The highest BCUT2D eigenvalue weighted by molar-refractivity contribution is 5.83. The topological polar surface area (TPSA) is 106 Å². The molecule has 172 valence electrons. The number of amides is 1.